The lowest BCUT2D eigenvalue weighted by Gasteiger charge is -2.36. The number of nitrogens with one attached hydrogen (secondary N) is 2. The molecular weight excluding hydrogens is 534 g/mol. The first-order chi connectivity index (χ1) is 18.3. The summed E-state index contributed by atoms with van der Waals surface area (Å²) in [6, 6.07) is 8.72. The molecule has 0 unspecified atom stereocenters. The minimum absolute atomic E-state index is 0.0578. The highest BCUT2D eigenvalue weighted by molar-refractivity contribution is 5.76. The number of urea groups is 1. The molecule has 1 saturated carbocycles. The zero-order chi connectivity index (χ0) is 28.3. The maximum Gasteiger partial charge on any atom is 0.573 e. The molecule has 1 heterocycles. The summed E-state index contributed by atoms with van der Waals surface area (Å²) in [7, 11) is 1.48. The van der Waals surface area contributed by atoms with E-state index in [0.29, 0.717) is 0 Å². The van der Waals surface area contributed by atoms with Crippen molar-refractivity contribution in [2.75, 3.05) is 0 Å². The van der Waals surface area contributed by atoms with Gasteiger partial charge in [-0.3, -0.25) is 0 Å². The molecule has 15 heteroatoms. The van der Waals surface area contributed by atoms with Crippen LogP contribution in [0.3, 0.4) is 0 Å². The molecule has 0 radical (unpaired) electrons. The Morgan fingerprint density at radius 2 is 1.49 bits per heavy atom. The molecule has 2 aromatic carbocycles. The van der Waals surface area contributed by atoms with Crippen LogP contribution in [0.15, 0.2) is 48.5 Å². The van der Waals surface area contributed by atoms with Gasteiger partial charge in [-0.2, -0.15) is 4.80 Å². The number of nitrogens with zero attached hydrogens (tertiary/aromatic N) is 4. The lowest BCUT2D eigenvalue weighted by atomic mass is 9.79. The predicted molar refractivity (Wildman–Crippen MR) is 123 cm³/mol. The molecule has 4 rings (SSSR count). The van der Waals surface area contributed by atoms with Crippen LogP contribution < -0.4 is 20.1 Å². The van der Waals surface area contributed by atoms with E-state index in [1.807, 2.05) is 0 Å². The number of alkyl halides is 6. The number of halogens is 6. The Morgan fingerprint density at radius 3 is 1.95 bits per heavy atom. The largest absolute Gasteiger partial charge is 0.573 e. The van der Waals surface area contributed by atoms with Gasteiger partial charge >= 0.3 is 18.8 Å². The third kappa shape index (κ3) is 7.51. The number of aromatic nitrogens is 4. The number of amides is 2. The van der Waals surface area contributed by atoms with E-state index in [9.17, 15) is 31.1 Å². The fraction of sp³-hybridized carbons (Fsp3) is 0.417. The van der Waals surface area contributed by atoms with Crippen molar-refractivity contribution in [3.05, 3.63) is 65.5 Å². The van der Waals surface area contributed by atoms with Crippen LogP contribution in [0.4, 0.5) is 31.1 Å². The molecule has 1 aliphatic rings. The lowest BCUT2D eigenvalue weighted by molar-refractivity contribution is -0.275. The minimum atomic E-state index is -5.01. The van der Waals surface area contributed by atoms with Crippen LogP contribution >= 0.6 is 0 Å². The Bertz CT molecular complexity index is 1230. The van der Waals surface area contributed by atoms with E-state index in [-0.39, 0.29) is 29.4 Å². The fourth-order valence-corrected chi connectivity index (χ4v) is 4.59. The van der Waals surface area contributed by atoms with E-state index in [0.717, 1.165) is 54.7 Å². The van der Waals surface area contributed by atoms with Crippen LogP contribution in [0.5, 0.6) is 11.5 Å². The highest BCUT2D eigenvalue weighted by atomic mass is 19.4. The number of carbonyl (C=O) groups is 1. The van der Waals surface area contributed by atoms with Crippen LogP contribution in [0.25, 0.3) is 0 Å². The summed E-state index contributed by atoms with van der Waals surface area (Å²) in [6.07, 6.45) is -7.03. The van der Waals surface area contributed by atoms with Gasteiger partial charge in [-0.15, -0.1) is 36.5 Å². The van der Waals surface area contributed by atoms with Crippen molar-refractivity contribution in [1.82, 2.24) is 30.8 Å². The van der Waals surface area contributed by atoms with E-state index >= 15 is 0 Å². The summed E-state index contributed by atoms with van der Waals surface area (Å²) in [5.41, 5.74) is -1.66. The summed E-state index contributed by atoms with van der Waals surface area (Å²) in [6.45, 7) is 0. The minimum Gasteiger partial charge on any atom is -0.406 e. The molecule has 0 spiro atoms. The number of ether oxygens (including phenoxy) is 2. The molecule has 210 valence electrons. The number of aryl methyl sites for hydroxylation is 1. The molecule has 2 amide bonds. The second kappa shape index (κ2) is 11.0. The molecule has 2 N–H and O–H groups in total. The van der Waals surface area contributed by atoms with Gasteiger partial charge < -0.3 is 20.1 Å². The molecule has 0 bridgehead atoms. The molecule has 0 aliphatic heterocycles. The number of hydrogen-bond acceptors (Lipinski definition) is 6. The van der Waals surface area contributed by atoms with Crippen molar-refractivity contribution in [1.29, 1.82) is 0 Å². The molecule has 1 fully saturated rings. The highest BCUT2D eigenvalue weighted by Crippen LogP contribution is 2.38. The number of carbonyl (C=O) groups excluding carboxylic acids is 1. The van der Waals surface area contributed by atoms with E-state index in [4.69, 9.17) is 0 Å². The Hall–Kier alpha value is -4.04. The molecule has 1 aromatic heterocycles. The van der Waals surface area contributed by atoms with Gasteiger partial charge in [-0.25, -0.2) is 4.79 Å². The molecule has 0 saturated heterocycles. The van der Waals surface area contributed by atoms with Gasteiger partial charge in [0.15, 0.2) is 5.82 Å². The van der Waals surface area contributed by atoms with Crippen molar-refractivity contribution in [3.8, 4) is 11.5 Å². The average Bonchev–Trinajstić information content (AvgIpc) is 3.48. The quantitative estimate of drug-likeness (QED) is 0.388. The summed E-state index contributed by atoms with van der Waals surface area (Å²) in [5.74, 6) is -1.14. The van der Waals surface area contributed by atoms with Crippen LogP contribution in [-0.2, 0) is 19.0 Å². The molecule has 3 aromatic rings. The second-order valence-corrected chi connectivity index (χ2v) is 9.01. The van der Waals surface area contributed by atoms with Crippen LogP contribution in [0, 0.1) is 0 Å². The van der Waals surface area contributed by atoms with Gasteiger partial charge in [-0.1, -0.05) is 37.1 Å². The van der Waals surface area contributed by atoms with Crippen molar-refractivity contribution in [3.63, 3.8) is 0 Å². The summed E-state index contributed by atoms with van der Waals surface area (Å²) in [4.78, 5) is 14.4. The third-order valence-electron chi connectivity index (χ3n) is 6.11. The first-order valence-corrected chi connectivity index (χ1v) is 11.9. The molecular formula is C24H24F6N6O3. The average molecular weight is 558 g/mol. The SMILES string of the molecule is Cn1nnc(CC(NC(=O)NC2CCCC2)(c2cccc(OC(F)(F)F)c2)c2cccc(OC(F)(F)F)c2)n1. The fourth-order valence-electron chi connectivity index (χ4n) is 4.59. The Morgan fingerprint density at radius 1 is 0.949 bits per heavy atom. The zero-order valence-electron chi connectivity index (χ0n) is 20.5. The Labute approximate surface area is 218 Å². The smallest absolute Gasteiger partial charge is 0.406 e. The summed E-state index contributed by atoms with van der Waals surface area (Å²) >= 11 is 0. The maximum absolute atomic E-state index is 13.3. The molecule has 39 heavy (non-hydrogen) atoms. The molecule has 9 nitrogen and oxygen atoms in total. The van der Waals surface area contributed by atoms with E-state index in [1.165, 1.54) is 31.3 Å². The normalized spacial score (nSPS) is 14.7. The highest BCUT2D eigenvalue weighted by Gasteiger charge is 2.41. The molecule has 1 aliphatic carbocycles. The lowest BCUT2D eigenvalue weighted by Crippen LogP contribution is -2.53. The predicted octanol–water partition coefficient (Wildman–Crippen LogP) is 4.74. The third-order valence-corrected chi connectivity index (χ3v) is 6.11. The van der Waals surface area contributed by atoms with Crippen LogP contribution in [0.1, 0.15) is 42.6 Å². The summed E-state index contributed by atoms with van der Waals surface area (Å²) < 4.78 is 86.4. The number of rotatable bonds is 8. The van der Waals surface area contributed by atoms with Gasteiger partial charge in [0.25, 0.3) is 0 Å². The second-order valence-electron chi connectivity index (χ2n) is 9.01. The van der Waals surface area contributed by atoms with Crippen molar-refractivity contribution in [2.24, 2.45) is 7.05 Å². The standard InChI is InChI=1S/C24H24F6N6O3/c1-36-34-20(33-35-36)14-22(32-21(37)31-17-8-2-3-9-17,15-6-4-10-18(12-15)38-23(25,26)27)16-7-5-11-19(13-16)39-24(28,29)30/h4-7,10-13,17H,2-3,8-9,14H2,1H3,(H2,31,32,37). The van der Waals surface area contributed by atoms with E-state index in [1.54, 1.807) is 0 Å². The van der Waals surface area contributed by atoms with Crippen molar-refractivity contribution in [2.45, 2.75) is 56.4 Å². The number of hydrogen-bond donors (Lipinski definition) is 2. The van der Waals surface area contributed by atoms with Gasteiger partial charge in [0, 0.05) is 12.5 Å². The number of tetrazole rings is 1. The van der Waals surface area contributed by atoms with Crippen molar-refractivity contribution >= 4 is 6.03 Å². The Balaban J connectivity index is 1.86. The van der Waals surface area contributed by atoms with Gasteiger partial charge in [-0.05, 0) is 53.4 Å². The van der Waals surface area contributed by atoms with Gasteiger partial charge in [0.1, 0.15) is 11.5 Å². The van der Waals surface area contributed by atoms with Gasteiger partial charge in [0.2, 0.25) is 0 Å². The first kappa shape index (κ1) is 28.0. The van der Waals surface area contributed by atoms with E-state index in [2.05, 4.69) is 35.5 Å². The maximum atomic E-state index is 13.3. The zero-order valence-corrected chi connectivity index (χ0v) is 20.5. The summed E-state index contributed by atoms with van der Waals surface area (Å²) in [5, 5.41) is 17.4. The van der Waals surface area contributed by atoms with Crippen LogP contribution in [0.2, 0.25) is 0 Å². The first-order valence-electron chi connectivity index (χ1n) is 11.9. The van der Waals surface area contributed by atoms with E-state index < -0.39 is 35.8 Å². The van der Waals surface area contributed by atoms with Gasteiger partial charge in [0.05, 0.1) is 12.6 Å². The number of benzene rings is 2. The van der Waals surface area contributed by atoms with Crippen molar-refractivity contribution < 1.29 is 40.6 Å². The topological polar surface area (TPSA) is 103 Å². The monoisotopic (exact) mass is 558 g/mol. The van der Waals surface area contributed by atoms with Crippen LogP contribution in [-0.4, -0.2) is 45.0 Å². The molecule has 0 atom stereocenters. The Kier molecular flexibility index (Phi) is 7.88.